The normalized spacial score (nSPS) is 11.9. The first-order valence-corrected chi connectivity index (χ1v) is 6.37. The molecule has 0 unspecified atom stereocenters. The number of hydrogen-bond donors (Lipinski definition) is 0. The summed E-state index contributed by atoms with van der Waals surface area (Å²) in [6.07, 6.45) is -4.54. The van der Waals surface area contributed by atoms with Crippen molar-refractivity contribution in [2.75, 3.05) is 0 Å². The molecule has 0 saturated heterocycles. The van der Waals surface area contributed by atoms with E-state index in [4.69, 9.17) is 11.6 Å². The van der Waals surface area contributed by atoms with Gasteiger partial charge in [0.15, 0.2) is 5.15 Å². The van der Waals surface area contributed by atoms with E-state index in [-0.39, 0.29) is 5.69 Å². The Kier molecular flexibility index (Phi) is 3.99. The highest BCUT2D eigenvalue weighted by Gasteiger charge is 2.34. The third-order valence-electron chi connectivity index (χ3n) is 2.93. The van der Waals surface area contributed by atoms with E-state index >= 15 is 0 Å². The van der Waals surface area contributed by atoms with Crippen LogP contribution in [-0.4, -0.2) is 10.2 Å². The molecule has 0 bridgehead atoms. The average molecular weight is 301 g/mol. The Morgan fingerprint density at radius 2 is 1.65 bits per heavy atom. The Morgan fingerprint density at radius 3 is 2.15 bits per heavy atom. The van der Waals surface area contributed by atoms with Crippen molar-refractivity contribution in [2.24, 2.45) is 0 Å². The summed E-state index contributed by atoms with van der Waals surface area (Å²) in [7, 11) is 0. The van der Waals surface area contributed by atoms with E-state index in [9.17, 15) is 13.2 Å². The number of nitrogens with zero attached hydrogens (tertiary/aromatic N) is 2. The molecule has 1 heterocycles. The van der Waals surface area contributed by atoms with Gasteiger partial charge in [0.05, 0.1) is 11.3 Å². The van der Waals surface area contributed by atoms with Crippen LogP contribution < -0.4 is 0 Å². The maximum Gasteiger partial charge on any atom is 0.419 e. The molecule has 0 atom stereocenters. The molecule has 0 aliphatic carbocycles. The minimum Gasteiger partial charge on any atom is -0.166 e. The zero-order valence-corrected chi connectivity index (χ0v) is 11.6. The second-order valence-electron chi connectivity index (χ2n) is 4.71. The van der Waals surface area contributed by atoms with Gasteiger partial charge in [0.1, 0.15) is 0 Å². The van der Waals surface area contributed by atoms with E-state index in [0.717, 1.165) is 11.6 Å². The van der Waals surface area contributed by atoms with E-state index in [0.29, 0.717) is 11.5 Å². The van der Waals surface area contributed by atoms with Gasteiger partial charge in [-0.3, -0.25) is 0 Å². The molecule has 2 nitrogen and oxygen atoms in total. The van der Waals surface area contributed by atoms with Crippen molar-refractivity contribution in [2.45, 2.75) is 25.9 Å². The van der Waals surface area contributed by atoms with Gasteiger partial charge in [0, 0.05) is 5.56 Å². The summed E-state index contributed by atoms with van der Waals surface area (Å²) >= 11 is 5.44. The first kappa shape index (κ1) is 14.8. The lowest BCUT2D eigenvalue weighted by atomic mass is 10.0. The molecule has 6 heteroatoms. The quantitative estimate of drug-likeness (QED) is 0.785. The first-order chi connectivity index (χ1) is 9.29. The van der Waals surface area contributed by atoms with Crippen LogP contribution in [-0.2, 0) is 6.18 Å². The zero-order chi connectivity index (χ0) is 14.9. The number of halogens is 4. The summed E-state index contributed by atoms with van der Waals surface area (Å²) in [5, 5.41) is 6.45. The molecule has 2 rings (SSSR count). The van der Waals surface area contributed by atoms with Gasteiger partial charge >= 0.3 is 6.18 Å². The van der Waals surface area contributed by atoms with E-state index in [1.54, 1.807) is 12.1 Å². The van der Waals surface area contributed by atoms with Gasteiger partial charge in [0.25, 0.3) is 0 Å². The summed E-state index contributed by atoms with van der Waals surface area (Å²) in [6.45, 7) is 4.08. The maximum atomic E-state index is 12.8. The highest BCUT2D eigenvalue weighted by Crippen LogP contribution is 2.35. The smallest absolute Gasteiger partial charge is 0.166 e. The molecule has 0 amide bonds. The Labute approximate surface area is 119 Å². The van der Waals surface area contributed by atoms with Crippen LogP contribution in [0.2, 0.25) is 5.15 Å². The SMILES string of the molecule is CC(C)c1ccc(-c2cc(C(F)(F)F)c(Cl)nn2)cc1. The van der Waals surface area contributed by atoms with Gasteiger partial charge in [-0.05, 0) is 17.5 Å². The average Bonchev–Trinajstić information content (AvgIpc) is 2.38. The number of hydrogen-bond acceptors (Lipinski definition) is 2. The Hall–Kier alpha value is -1.62. The van der Waals surface area contributed by atoms with Gasteiger partial charge in [-0.2, -0.15) is 13.2 Å². The van der Waals surface area contributed by atoms with Crippen LogP contribution >= 0.6 is 11.6 Å². The van der Waals surface area contributed by atoms with E-state index < -0.39 is 16.9 Å². The lowest BCUT2D eigenvalue weighted by Crippen LogP contribution is -2.08. The molecule has 0 aliphatic rings. The fourth-order valence-corrected chi connectivity index (χ4v) is 1.95. The summed E-state index contributed by atoms with van der Waals surface area (Å²) in [4.78, 5) is 0. The monoisotopic (exact) mass is 300 g/mol. The minimum atomic E-state index is -4.54. The zero-order valence-electron chi connectivity index (χ0n) is 10.9. The van der Waals surface area contributed by atoms with Crippen molar-refractivity contribution >= 4 is 11.6 Å². The number of alkyl halides is 3. The molecule has 0 saturated carbocycles. The molecule has 1 aromatic carbocycles. The Bertz CT molecular complexity index is 607. The highest BCUT2D eigenvalue weighted by molar-refractivity contribution is 6.30. The van der Waals surface area contributed by atoms with Crippen LogP contribution in [0.1, 0.15) is 30.9 Å². The van der Waals surface area contributed by atoms with E-state index in [1.807, 2.05) is 26.0 Å². The molecular formula is C14H12ClF3N2. The minimum absolute atomic E-state index is 0.150. The van der Waals surface area contributed by atoms with Crippen LogP contribution in [0.25, 0.3) is 11.3 Å². The van der Waals surface area contributed by atoms with Gasteiger partial charge in [0.2, 0.25) is 0 Å². The van der Waals surface area contributed by atoms with Crippen molar-refractivity contribution < 1.29 is 13.2 Å². The molecule has 0 aliphatic heterocycles. The maximum absolute atomic E-state index is 12.8. The summed E-state index contributed by atoms with van der Waals surface area (Å²) in [5.74, 6) is 0.353. The predicted octanol–water partition coefficient (Wildman–Crippen LogP) is 4.94. The number of rotatable bonds is 2. The predicted molar refractivity (Wildman–Crippen MR) is 71.6 cm³/mol. The molecule has 20 heavy (non-hydrogen) atoms. The topological polar surface area (TPSA) is 25.8 Å². The molecule has 2 aromatic rings. The molecule has 1 aromatic heterocycles. The van der Waals surface area contributed by atoms with Gasteiger partial charge < -0.3 is 0 Å². The van der Waals surface area contributed by atoms with Crippen molar-refractivity contribution in [3.05, 3.63) is 46.6 Å². The largest absolute Gasteiger partial charge is 0.419 e. The first-order valence-electron chi connectivity index (χ1n) is 6.00. The molecule has 0 fully saturated rings. The fourth-order valence-electron chi connectivity index (χ4n) is 1.76. The van der Waals surface area contributed by atoms with Crippen LogP contribution in [0.3, 0.4) is 0 Å². The lowest BCUT2D eigenvalue weighted by Gasteiger charge is -2.10. The molecule has 106 valence electrons. The molecule has 0 N–H and O–H groups in total. The van der Waals surface area contributed by atoms with Gasteiger partial charge in [-0.25, -0.2) is 0 Å². The van der Waals surface area contributed by atoms with Crippen molar-refractivity contribution in [3.8, 4) is 11.3 Å². The van der Waals surface area contributed by atoms with Gasteiger partial charge in [-0.15, -0.1) is 10.2 Å². The fraction of sp³-hybridized carbons (Fsp3) is 0.286. The van der Waals surface area contributed by atoms with Crippen molar-refractivity contribution in [1.29, 1.82) is 0 Å². The van der Waals surface area contributed by atoms with Crippen LogP contribution in [0.4, 0.5) is 13.2 Å². The molecular weight excluding hydrogens is 289 g/mol. The van der Waals surface area contributed by atoms with Crippen molar-refractivity contribution in [1.82, 2.24) is 10.2 Å². The third-order valence-corrected chi connectivity index (χ3v) is 3.21. The molecule has 0 spiro atoms. The standard InChI is InChI=1S/C14H12ClF3N2/c1-8(2)9-3-5-10(6-4-9)12-7-11(14(16,17)18)13(15)20-19-12/h3-8H,1-2H3. The Morgan fingerprint density at radius 1 is 1.05 bits per heavy atom. The second kappa shape index (κ2) is 5.40. The number of benzene rings is 1. The second-order valence-corrected chi connectivity index (χ2v) is 5.07. The summed E-state index contributed by atoms with van der Waals surface area (Å²) in [6, 6.07) is 8.10. The summed E-state index contributed by atoms with van der Waals surface area (Å²) in [5.41, 5.74) is 0.852. The lowest BCUT2D eigenvalue weighted by molar-refractivity contribution is -0.137. The third kappa shape index (κ3) is 3.10. The van der Waals surface area contributed by atoms with E-state index in [1.165, 1.54) is 0 Å². The highest BCUT2D eigenvalue weighted by atomic mass is 35.5. The molecule has 0 radical (unpaired) electrons. The number of aromatic nitrogens is 2. The van der Waals surface area contributed by atoms with Crippen LogP contribution in [0, 0.1) is 0 Å². The van der Waals surface area contributed by atoms with Crippen molar-refractivity contribution in [3.63, 3.8) is 0 Å². The van der Waals surface area contributed by atoms with Crippen LogP contribution in [0.15, 0.2) is 30.3 Å². The van der Waals surface area contributed by atoms with E-state index in [2.05, 4.69) is 10.2 Å². The summed E-state index contributed by atoms with van der Waals surface area (Å²) < 4.78 is 38.3. The van der Waals surface area contributed by atoms with Crippen LogP contribution in [0.5, 0.6) is 0 Å². The Balaban J connectivity index is 2.43. The van der Waals surface area contributed by atoms with Gasteiger partial charge in [-0.1, -0.05) is 49.7 Å².